The molecule has 0 bridgehead atoms. The first kappa shape index (κ1) is 16.1. The quantitative estimate of drug-likeness (QED) is 0.500. The molecular weight excluding hydrogens is 310 g/mol. The third-order valence-corrected chi connectivity index (χ3v) is 5.20. The molecule has 1 heterocycles. The second-order valence-electron chi connectivity index (χ2n) is 5.05. The van der Waals surface area contributed by atoms with Crippen LogP contribution in [0, 0.1) is 16.0 Å². The number of benzene rings is 1. The number of nitrogens with one attached hydrogen (secondary N) is 1. The van der Waals surface area contributed by atoms with Crippen molar-refractivity contribution in [2.24, 2.45) is 11.0 Å². The standard InChI is InChI=1S/C13H15N3O5S/c1-9(11-4-2-3-5-12(11)16(18)19)14-15-13(17)10-6-7-22(20,21)8-10/h2-5,10H,6-8H2,1H3,(H,15,17)/b14-9-/t10-/m0/s1. The van der Waals surface area contributed by atoms with Crippen molar-refractivity contribution in [3.63, 3.8) is 0 Å². The van der Waals surface area contributed by atoms with Crippen LogP contribution in [0.15, 0.2) is 29.4 Å². The zero-order valence-corrected chi connectivity index (χ0v) is 12.7. The molecule has 0 saturated carbocycles. The number of sulfone groups is 1. The van der Waals surface area contributed by atoms with Crippen LogP contribution >= 0.6 is 0 Å². The molecule has 0 spiro atoms. The van der Waals surface area contributed by atoms with Gasteiger partial charge < -0.3 is 0 Å². The molecule has 1 aliphatic heterocycles. The molecule has 1 aliphatic rings. The van der Waals surface area contributed by atoms with Crippen molar-refractivity contribution in [3.05, 3.63) is 39.9 Å². The smallest absolute Gasteiger partial charge is 0.273 e. The molecule has 9 heteroatoms. The molecule has 1 saturated heterocycles. The average Bonchev–Trinajstić information content (AvgIpc) is 2.84. The summed E-state index contributed by atoms with van der Waals surface area (Å²) in [6, 6.07) is 6.05. The first-order valence-corrected chi connectivity index (χ1v) is 8.40. The SMILES string of the molecule is C/C(=N/NC(=O)[C@H]1CCS(=O)(=O)C1)c1ccccc1[N+](=O)[O-]. The van der Waals surface area contributed by atoms with Gasteiger partial charge in [0.1, 0.15) is 0 Å². The van der Waals surface area contributed by atoms with Gasteiger partial charge in [-0.25, -0.2) is 13.8 Å². The Hall–Kier alpha value is -2.29. The van der Waals surface area contributed by atoms with E-state index < -0.39 is 26.6 Å². The third kappa shape index (κ3) is 3.67. The van der Waals surface area contributed by atoms with Crippen molar-refractivity contribution in [2.75, 3.05) is 11.5 Å². The average molecular weight is 325 g/mol. The highest BCUT2D eigenvalue weighted by Crippen LogP contribution is 2.20. The predicted octanol–water partition coefficient (Wildman–Crippen LogP) is 0.870. The van der Waals surface area contributed by atoms with Gasteiger partial charge in [-0.15, -0.1) is 0 Å². The summed E-state index contributed by atoms with van der Waals surface area (Å²) in [6.45, 7) is 1.54. The van der Waals surface area contributed by atoms with Crippen LogP contribution in [0.5, 0.6) is 0 Å². The number of para-hydroxylation sites is 1. The third-order valence-electron chi connectivity index (χ3n) is 3.43. The first-order valence-electron chi connectivity index (χ1n) is 6.58. The molecule has 1 N–H and O–H groups in total. The minimum Gasteiger partial charge on any atom is -0.273 e. The summed E-state index contributed by atoms with van der Waals surface area (Å²) in [6.07, 6.45) is 0.272. The normalized spacial score (nSPS) is 20.6. The maximum atomic E-state index is 11.9. The van der Waals surface area contributed by atoms with Crippen molar-refractivity contribution < 1.29 is 18.1 Å². The molecule has 0 unspecified atom stereocenters. The van der Waals surface area contributed by atoms with Gasteiger partial charge >= 0.3 is 0 Å². The molecule has 8 nitrogen and oxygen atoms in total. The minimum atomic E-state index is -3.15. The van der Waals surface area contributed by atoms with Crippen molar-refractivity contribution in [1.82, 2.24) is 5.43 Å². The number of nitro groups is 1. The Labute approximate surface area is 127 Å². The van der Waals surface area contributed by atoms with Gasteiger partial charge in [0.05, 0.1) is 33.6 Å². The number of nitro benzene ring substituents is 1. The van der Waals surface area contributed by atoms with Crippen LogP contribution in [0.4, 0.5) is 5.69 Å². The summed E-state index contributed by atoms with van der Waals surface area (Å²) in [4.78, 5) is 22.3. The van der Waals surface area contributed by atoms with E-state index in [0.29, 0.717) is 5.56 Å². The van der Waals surface area contributed by atoms with Crippen LogP contribution in [0.25, 0.3) is 0 Å². The molecule has 22 heavy (non-hydrogen) atoms. The maximum absolute atomic E-state index is 11.9. The zero-order valence-electron chi connectivity index (χ0n) is 11.9. The highest BCUT2D eigenvalue weighted by Gasteiger charge is 2.32. The topological polar surface area (TPSA) is 119 Å². The van der Waals surface area contributed by atoms with Crippen LogP contribution < -0.4 is 5.43 Å². The van der Waals surface area contributed by atoms with E-state index in [-0.39, 0.29) is 29.3 Å². The van der Waals surface area contributed by atoms with Crippen LogP contribution in [0.1, 0.15) is 18.9 Å². The molecule has 1 amide bonds. The summed E-state index contributed by atoms with van der Waals surface area (Å²) in [5.74, 6) is -1.29. The van der Waals surface area contributed by atoms with E-state index in [4.69, 9.17) is 0 Å². The summed E-state index contributed by atoms with van der Waals surface area (Å²) in [7, 11) is -3.15. The summed E-state index contributed by atoms with van der Waals surface area (Å²) >= 11 is 0. The first-order chi connectivity index (χ1) is 10.3. The second kappa shape index (κ2) is 6.22. The molecule has 1 atom stereocenters. The van der Waals surface area contributed by atoms with E-state index in [1.165, 1.54) is 25.1 Å². The highest BCUT2D eigenvalue weighted by molar-refractivity contribution is 7.91. The molecule has 1 aromatic carbocycles. The lowest BCUT2D eigenvalue weighted by molar-refractivity contribution is -0.385. The van der Waals surface area contributed by atoms with Gasteiger partial charge in [0.2, 0.25) is 5.91 Å². The van der Waals surface area contributed by atoms with Crippen LogP contribution in [0.3, 0.4) is 0 Å². The van der Waals surface area contributed by atoms with Crippen molar-refractivity contribution >= 4 is 27.1 Å². The number of carbonyl (C=O) groups excluding carboxylic acids is 1. The number of amides is 1. The van der Waals surface area contributed by atoms with Gasteiger partial charge in [-0.2, -0.15) is 5.10 Å². The van der Waals surface area contributed by atoms with Gasteiger partial charge in [-0.1, -0.05) is 12.1 Å². The van der Waals surface area contributed by atoms with E-state index in [1.54, 1.807) is 6.07 Å². The Balaban J connectivity index is 2.11. The number of carbonyl (C=O) groups is 1. The largest absolute Gasteiger partial charge is 0.278 e. The van der Waals surface area contributed by atoms with E-state index in [9.17, 15) is 23.3 Å². The van der Waals surface area contributed by atoms with Crippen molar-refractivity contribution in [3.8, 4) is 0 Å². The molecule has 1 aromatic rings. The van der Waals surface area contributed by atoms with E-state index in [1.807, 2.05) is 0 Å². The molecule has 0 radical (unpaired) electrons. The fourth-order valence-electron chi connectivity index (χ4n) is 2.23. The van der Waals surface area contributed by atoms with E-state index in [2.05, 4.69) is 10.5 Å². The number of hydrogen-bond acceptors (Lipinski definition) is 6. The summed E-state index contributed by atoms with van der Waals surface area (Å²) < 4.78 is 22.7. The second-order valence-corrected chi connectivity index (χ2v) is 7.28. The van der Waals surface area contributed by atoms with Crippen LogP contribution in [0.2, 0.25) is 0 Å². The fourth-order valence-corrected chi connectivity index (χ4v) is 3.97. The van der Waals surface area contributed by atoms with Crippen molar-refractivity contribution in [2.45, 2.75) is 13.3 Å². The summed E-state index contributed by atoms with van der Waals surface area (Å²) in [5, 5.41) is 14.8. The summed E-state index contributed by atoms with van der Waals surface area (Å²) in [5.41, 5.74) is 2.76. The lowest BCUT2D eigenvalue weighted by Gasteiger charge is -2.07. The Kier molecular flexibility index (Phi) is 4.55. The van der Waals surface area contributed by atoms with Gasteiger partial charge in [-0.3, -0.25) is 14.9 Å². The van der Waals surface area contributed by atoms with Crippen molar-refractivity contribution in [1.29, 1.82) is 0 Å². The Bertz CT molecular complexity index is 742. The minimum absolute atomic E-state index is 0.00204. The molecule has 0 aromatic heterocycles. The molecule has 118 valence electrons. The molecule has 2 rings (SSSR count). The predicted molar refractivity (Wildman–Crippen MR) is 80.2 cm³/mol. The van der Waals surface area contributed by atoms with Gasteiger partial charge in [0, 0.05) is 6.07 Å². The number of hydrogen-bond donors (Lipinski definition) is 1. The molecular formula is C13H15N3O5S. The fraction of sp³-hybridized carbons (Fsp3) is 0.385. The van der Waals surface area contributed by atoms with Crippen LogP contribution in [-0.2, 0) is 14.6 Å². The number of nitrogens with zero attached hydrogens (tertiary/aromatic N) is 2. The van der Waals surface area contributed by atoms with E-state index >= 15 is 0 Å². The number of rotatable bonds is 4. The lowest BCUT2D eigenvalue weighted by atomic mass is 10.1. The van der Waals surface area contributed by atoms with E-state index in [0.717, 1.165) is 0 Å². The Morgan fingerprint density at radius 2 is 2.09 bits per heavy atom. The Morgan fingerprint density at radius 1 is 1.41 bits per heavy atom. The zero-order chi connectivity index (χ0) is 16.3. The lowest BCUT2D eigenvalue weighted by Crippen LogP contribution is -2.28. The van der Waals surface area contributed by atoms with Crippen LogP contribution in [-0.4, -0.2) is 36.5 Å². The highest BCUT2D eigenvalue weighted by atomic mass is 32.2. The van der Waals surface area contributed by atoms with Gasteiger partial charge in [-0.05, 0) is 19.4 Å². The molecule has 1 fully saturated rings. The molecule has 0 aliphatic carbocycles. The monoisotopic (exact) mass is 325 g/mol. The maximum Gasteiger partial charge on any atom is 0.278 e. The Morgan fingerprint density at radius 3 is 2.68 bits per heavy atom. The van der Waals surface area contributed by atoms with Gasteiger partial charge in [0.15, 0.2) is 9.84 Å². The van der Waals surface area contributed by atoms with Gasteiger partial charge in [0.25, 0.3) is 5.69 Å². The number of hydrazone groups is 1.